The summed E-state index contributed by atoms with van der Waals surface area (Å²) in [5.41, 5.74) is 0. The van der Waals surface area contributed by atoms with Gasteiger partial charge in [-0.2, -0.15) is 0 Å². The maximum Gasteiger partial charge on any atom is 0.321 e. The summed E-state index contributed by atoms with van der Waals surface area (Å²) >= 11 is 0. The van der Waals surface area contributed by atoms with Crippen molar-refractivity contribution in [1.82, 2.24) is 5.06 Å². The Bertz CT molecular complexity index is 264. The van der Waals surface area contributed by atoms with Crippen molar-refractivity contribution in [2.75, 3.05) is 13.7 Å². The van der Waals surface area contributed by atoms with Gasteiger partial charge < -0.3 is 4.74 Å². The van der Waals surface area contributed by atoms with Gasteiger partial charge in [-0.25, -0.2) is 5.06 Å². The average molecular weight is 199 g/mol. The largest absolute Gasteiger partial charge is 0.465 e. The molecule has 0 bridgehead atoms. The molecule has 1 rings (SSSR count). The molecule has 1 fully saturated rings. The molecule has 0 N–H and O–H groups in total. The smallest absolute Gasteiger partial charge is 0.321 e. The quantitative estimate of drug-likeness (QED) is 0.368. The van der Waals surface area contributed by atoms with Gasteiger partial charge in [-0.05, 0) is 6.92 Å². The number of hydroxylamine groups is 2. The van der Waals surface area contributed by atoms with Gasteiger partial charge in [-0.1, -0.05) is 6.08 Å². The molecule has 2 unspecified atom stereocenters. The van der Waals surface area contributed by atoms with Crippen molar-refractivity contribution < 1.29 is 19.2 Å². The minimum absolute atomic E-state index is 0.246. The molecule has 0 spiro atoms. The highest BCUT2D eigenvalue weighted by molar-refractivity contribution is 5.99. The molecule has 0 aromatic heterocycles. The fraction of sp³-hybridized carbons (Fsp3) is 0.556. The third kappa shape index (κ3) is 1.77. The van der Waals surface area contributed by atoms with E-state index in [-0.39, 0.29) is 6.61 Å². The molecule has 0 saturated carbocycles. The highest BCUT2D eigenvalue weighted by Crippen LogP contribution is 2.22. The van der Waals surface area contributed by atoms with E-state index in [1.807, 2.05) is 0 Å². The van der Waals surface area contributed by atoms with E-state index in [0.29, 0.717) is 0 Å². The number of amides is 1. The molecular weight excluding hydrogens is 186 g/mol. The predicted octanol–water partition coefficient (Wildman–Crippen LogP) is 0.124. The Morgan fingerprint density at radius 2 is 2.43 bits per heavy atom. The fourth-order valence-corrected chi connectivity index (χ4v) is 1.28. The number of hydrogen-bond donors (Lipinski definition) is 0. The number of carbonyl (C=O) groups excluding carboxylic acids is 2. The highest BCUT2D eigenvalue weighted by Gasteiger charge is 2.44. The summed E-state index contributed by atoms with van der Waals surface area (Å²) in [5.74, 6) is -1.86. The Labute approximate surface area is 82.2 Å². The Balaban J connectivity index is 2.78. The standard InChI is InChI=1S/C9H13NO4/c1-4-6-7(9(12)13-5-2)8(11)10(3)14-6/h4,6-7H,1,5H2,2-3H3. The molecule has 1 aliphatic rings. The number of ether oxygens (including phenoxy) is 1. The number of esters is 1. The topological polar surface area (TPSA) is 55.8 Å². The maximum absolute atomic E-state index is 11.4. The van der Waals surface area contributed by atoms with Crippen molar-refractivity contribution in [3.05, 3.63) is 12.7 Å². The summed E-state index contributed by atoms with van der Waals surface area (Å²) in [6.07, 6.45) is 0.801. The first-order valence-electron chi connectivity index (χ1n) is 4.35. The van der Waals surface area contributed by atoms with E-state index in [1.54, 1.807) is 6.92 Å². The first kappa shape index (κ1) is 10.7. The van der Waals surface area contributed by atoms with Crippen LogP contribution in [0.4, 0.5) is 0 Å². The number of hydrogen-bond acceptors (Lipinski definition) is 4. The summed E-state index contributed by atoms with van der Waals surface area (Å²) in [7, 11) is 1.46. The van der Waals surface area contributed by atoms with E-state index in [9.17, 15) is 9.59 Å². The molecule has 0 aliphatic carbocycles. The zero-order chi connectivity index (χ0) is 10.7. The fourth-order valence-electron chi connectivity index (χ4n) is 1.28. The van der Waals surface area contributed by atoms with E-state index in [4.69, 9.17) is 9.57 Å². The van der Waals surface area contributed by atoms with Crippen LogP contribution in [-0.4, -0.2) is 36.7 Å². The van der Waals surface area contributed by atoms with Gasteiger partial charge in [0.25, 0.3) is 5.91 Å². The number of rotatable bonds is 3. The molecule has 5 heteroatoms. The van der Waals surface area contributed by atoms with Crippen LogP contribution in [-0.2, 0) is 19.2 Å². The average Bonchev–Trinajstić information content (AvgIpc) is 2.43. The van der Waals surface area contributed by atoms with Crippen molar-refractivity contribution in [3.63, 3.8) is 0 Å². The lowest BCUT2D eigenvalue weighted by Crippen LogP contribution is -2.31. The van der Waals surface area contributed by atoms with Crippen LogP contribution < -0.4 is 0 Å². The van der Waals surface area contributed by atoms with Crippen LogP contribution in [0.1, 0.15) is 6.92 Å². The lowest BCUT2D eigenvalue weighted by Gasteiger charge is -2.08. The van der Waals surface area contributed by atoms with Gasteiger partial charge in [0.1, 0.15) is 6.10 Å². The SMILES string of the molecule is C=CC1ON(C)C(=O)C1C(=O)OCC. The number of nitrogens with zero attached hydrogens (tertiary/aromatic N) is 1. The summed E-state index contributed by atoms with van der Waals surface area (Å²) in [4.78, 5) is 27.9. The zero-order valence-electron chi connectivity index (χ0n) is 8.23. The van der Waals surface area contributed by atoms with Crippen LogP contribution in [0, 0.1) is 5.92 Å². The third-order valence-corrected chi connectivity index (χ3v) is 1.96. The van der Waals surface area contributed by atoms with Gasteiger partial charge in [0.05, 0.1) is 6.61 Å². The van der Waals surface area contributed by atoms with Crippen LogP contribution in [0.3, 0.4) is 0 Å². The minimum Gasteiger partial charge on any atom is -0.465 e. The van der Waals surface area contributed by atoms with E-state index in [2.05, 4.69) is 6.58 Å². The van der Waals surface area contributed by atoms with Crippen LogP contribution in [0.15, 0.2) is 12.7 Å². The Morgan fingerprint density at radius 1 is 1.79 bits per heavy atom. The lowest BCUT2D eigenvalue weighted by atomic mass is 10.0. The summed E-state index contributed by atoms with van der Waals surface area (Å²) in [6.45, 7) is 5.42. The molecule has 0 radical (unpaired) electrons. The van der Waals surface area contributed by atoms with Crippen LogP contribution in [0.5, 0.6) is 0 Å². The van der Waals surface area contributed by atoms with Crippen molar-refractivity contribution >= 4 is 11.9 Å². The third-order valence-electron chi connectivity index (χ3n) is 1.96. The molecule has 5 nitrogen and oxygen atoms in total. The highest BCUT2D eigenvalue weighted by atomic mass is 16.7. The predicted molar refractivity (Wildman–Crippen MR) is 48.0 cm³/mol. The lowest BCUT2D eigenvalue weighted by molar-refractivity contribution is -0.160. The van der Waals surface area contributed by atoms with E-state index >= 15 is 0 Å². The number of carbonyl (C=O) groups is 2. The second-order valence-corrected chi connectivity index (χ2v) is 2.87. The molecule has 0 aromatic rings. The summed E-state index contributed by atoms with van der Waals surface area (Å²) in [5, 5.41) is 1.04. The van der Waals surface area contributed by atoms with E-state index in [0.717, 1.165) is 5.06 Å². The van der Waals surface area contributed by atoms with Gasteiger partial charge in [-0.15, -0.1) is 6.58 Å². The molecule has 1 saturated heterocycles. The summed E-state index contributed by atoms with van der Waals surface area (Å²) < 4.78 is 4.76. The Kier molecular flexibility index (Phi) is 3.24. The minimum atomic E-state index is -0.905. The van der Waals surface area contributed by atoms with Crippen molar-refractivity contribution in [2.24, 2.45) is 5.92 Å². The van der Waals surface area contributed by atoms with Crippen LogP contribution >= 0.6 is 0 Å². The van der Waals surface area contributed by atoms with E-state index < -0.39 is 23.9 Å². The van der Waals surface area contributed by atoms with Gasteiger partial charge in [-0.3, -0.25) is 14.4 Å². The normalized spacial score (nSPS) is 26.4. The molecule has 1 aliphatic heterocycles. The second kappa shape index (κ2) is 4.23. The Hall–Kier alpha value is -1.36. The monoisotopic (exact) mass is 199 g/mol. The second-order valence-electron chi connectivity index (χ2n) is 2.87. The molecule has 14 heavy (non-hydrogen) atoms. The van der Waals surface area contributed by atoms with E-state index in [1.165, 1.54) is 13.1 Å². The maximum atomic E-state index is 11.4. The van der Waals surface area contributed by atoms with Crippen LogP contribution in [0.2, 0.25) is 0 Å². The molecule has 2 atom stereocenters. The zero-order valence-corrected chi connectivity index (χ0v) is 8.23. The molecular formula is C9H13NO4. The van der Waals surface area contributed by atoms with Gasteiger partial charge >= 0.3 is 5.97 Å². The van der Waals surface area contributed by atoms with Crippen molar-refractivity contribution in [1.29, 1.82) is 0 Å². The van der Waals surface area contributed by atoms with Crippen LogP contribution in [0.25, 0.3) is 0 Å². The first-order chi connectivity index (χ1) is 6.61. The molecule has 0 aromatic carbocycles. The van der Waals surface area contributed by atoms with Crippen molar-refractivity contribution in [3.8, 4) is 0 Å². The molecule has 1 heterocycles. The summed E-state index contributed by atoms with van der Waals surface area (Å²) in [6, 6.07) is 0. The molecule has 78 valence electrons. The molecule has 1 amide bonds. The first-order valence-corrected chi connectivity index (χ1v) is 4.35. The van der Waals surface area contributed by atoms with Gasteiger partial charge in [0, 0.05) is 7.05 Å². The van der Waals surface area contributed by atoms with Gasteiger partial charge in [0.2, 0.25) is 0 Å². The Morgan fingerprint density at radius 3 is 2.93 bits per heavy atom. The van der Waals surface area contributed by atoms with Gasteiger partial charge in [0.15, 0.2) is 5.92 Å². The van der Waals surface area contributed by atoms with Crippen molar-refractivity contribution in [2.45, 2.75) is 13.0 Å².